The quantitative estimate of drug-likeness (QED) is 0.354. The van der Waals surface area contributed by atoms with Gasteiger partial charge in [-0.15, -0.1) is 0 Å². The van der Waals surface area contributed by atoms with Crippen LogP contribution in [-0.2, 0) is 17.8 Å². The van der Waals surface area contributed by atoms with Gasteiger partial charge in [0, 0.05) is 43.3 Å². The Kier molecular flexibility index (Phi) is 6.92. The van der Waals surface area contributed by atoms with Crippen LogP contribution in [0.25, 0.3) is 22.6 Å². The third-order valence-electron chi connectivity index (χ3n) is 5.20. The van der Waals surface area contributed by atoms with E-state index in [4.69, 9.17) is 43.2 Å². The van der Waals surface area contributed by atoms with E-state index < -0.39 is 12.0 Å². The molecule has 3 N–H and O–H groups in total. The molecule has 34 heavy (non-hydrogen) atoms. The Hall–Kier alpha value is -3.33. The highest BCUT2D eigenvalue weighted by atomic mass is 35.5. The number of carboxylic acid groups (broad SMARTS) is 1. The lowest BCUT2D eigenvalue weighted by Gasteiger charge is -2.16. The normalized spacial score (nSPS) is 12.0. The number of hydrogen-bond donors (Lipinski definition) is 2. The molecule has 0 aliphatic rings. The van der Waals surface area contributed by atoms with Crippen LogP contribution in [0.1, 0.15) is 11.1 Å². The Balaban J connectivity index is 1.65. The lowest BCUT2D eigenvalue weighted by Crippen LogP contribution is -2.32. The number of ether oxygens (including phenoxy) is 1. The van der Waals surface area contributed by atoms with Crippen molar-refractivity contribution < 1.29 is 19.1 Å². The second kappa shape index (κ2) is 9.89. The number of halogens is 2. The zero-order valence-corrected chi connectivity index (χ0v) is 20.0. The van der Waals surface area contributed by atoms with Gasteiger partial charge in [-0.1, -0.05) is 23.2 Å². The number of oxazole rings is 1. The third-order valence-corrected chi connectivity index (χ3v) is 5.76. The smallest absolute Gasteiger partial charge is 0.320 e. The predicted octanol–water partition coefficient (Wildman–Crippen LogP) is 4.80. The second-order valence-electron chi connectivity index (χ2n) is 7.93. The van der Waals surface area contributed by atoms with E-state index in [0.717, 1.165) is 16.8 Å². The Morgan fingerprint density at radius 2 is 1.85 bits per heavy atom. The maximum Gasteiger partial charge on any atom is 0.320 e. The number of carbonyl (C=O) groups is 1. The monoisotopic (exact) mass is 500 g/mol. The highest BCUT2D eigenvalue weighted by Gasteiger charge is 2.18. The molecule has 1 atom stereocenters. The predicted molar refractivity (Wildman–Crippen MR) is 132 cm³/mol. The van der Waals surface area contributed by atoms with E-state index in [0.29, 0.717) is 22.6 Å². The zero-order chi connectivity index (χ0) is 24.4. The zero-order valence-electron chi connectivity index (χ0n) is 18.5. The van der Waals surface area contributed by atoms with Crippen molar-refractivity contribution >= 4 is 46.0 Å². The summed E-state index contributed by atoms with van der Waals surface area (Å²) >= 11 is 12.8. The summed E-state index contributed by atoms with van der Waals surface area (Å²) in [7, 11) is 3.87. The molecule has 0 unspecified atom stereocenters. The number of rotatable bonds is 8. The van der Waals surface area contributed by atoms with Crippen molar-refractivity contribution in [3.63, 3.8) is 0 Å². The van der Waals surface area contributed by atoms with Gasteiger partial charge in [0.1, 0.15) is 18.2 Å². The molecule has 0 amide bonds. The van der Waals surface area contributed by atoms with E-state index in [1.807, 2.05) is 43.3 Å². The number of anilines is 1. The van der Waals surface area contributed by atoms with Crippen molar-refractivity contribution in [2.24, 2.45) is 5.73 Å². The molecule has 0 saturated heterocycles. The van der Waals surface area contributed by atoms with E-state index in [1.165, 1.54) is 0 Å². The molecule has 2 aromatic heterocycles. The van der Waals surface area contributed by atoms with Crippen molar-refractivity contribution in [3.05, 3.63) is 70.0 Å². The van der Waals surface area contributed by atoms with Crippen LogP contribution in [0.2, 0.25) is 10.0 Å². The van der Waals surface area contributed by atoms with Gasteiger partial charge in [0.25, 0.3) is 0 Å². The van der Waals surface area contributed by atoms with Crippen LogP contribution < -0.4 is 15.4 Å². The molecule has 0 spiro atoms. The van der Waals surface area contributed by atoms with E-state index in [1.54, 1.807) is 24.5 Å². The van der Waals surface area contributed by atoms with Gasteiger partial charge in [-0.2, -0.15) is 0 Å². The summed E-state index contributed by atoms with van der Waals surface area (Å²) < 4.78 is 12.1. The highest BCUT2D eigenvalue weighted by molar-refractivity contribution is 6.37. The maximum atomic E-state index is 11.0. The van der Waals surface area contributed by atoms with Gasteiger partial charge in [0.15, 0.2) is 11.3 Å². The van der Waals surface area contributed by atoms with Gasteiger partial charge in [0.05, 0.1) is 10.0 Å². The summed E-state index contributed by atoms with van der Waals surface area (Å²) in [6, 6.07) is 9.69. The Labute approximate surface area is 205 Å². The number of carboxylic acids is 1. The summed E-state index contributed by atoms with van der Waals surface area (Å²) in [6.07, 6.45) is 3.45. The molecule has 4 rings (SSSR count). The number of pyridine rings is 1. The van der Waals surface area contributed by atoms with Crippen molar-refractivity contribution in [3.8, 4) is 17.2 Å². The first-order valence-corrected chi connectivity index (χ1v) is 11.1. The minimum atomic E-state index is -1.10. The number of aromatic nitrogens is 2. The molecular formula is C24H22Cl2N4O4. The molecule has 176 valence electrons. The van der Waals surface area contributed by atoms with Gasteiger partial charge in [-0.3, -0.25) is 9.78 Å². The summed E-state index contributed by atoms with van der Waals surface area (Å²) in [5.74, 6) is -0.339. The molecule has 0 fully saturated rings. The first-order valence-electron chi connectivity index (χ1n) is 10.3. The molecule has 2 aromatic carbocycles. The summed E-state index contributed by atoms with van der Waals surface area (Å²) in [5, 5.41) is 9.55. The summed E-state index contributed by atoms with van der Waals surface area (Å²) in [4.78, 5) is 21.7. The van der Waals surface area contributed by atoms with Crippen LogP contribution >= 0.6 is 23.2 Å². The summed E-state index contributed by atoms with van der Waals surface area (Å²) in [6.45, 7) is 0.122. The molecule has 0 radical (unpaired) electrons. The van der Waals surface area contributed by atoms with E-state index >= 15 is 0 Å². The van der Waals surface area contributed by atoms with Crippen molar-refractivity contribution in [2.75, 3.05) is 19.0 Å². The lowest BCUT2D eigenvalue weighted by atomic mass is 10.1. The summed E-state index contributed by atoms with van der Waals surface area (Å²) in [5.41, 5.74) is 10.00. The topological polar surface area (TPSA) is 115 Å². The number of hydrogen-bond acceptors (Lipinski definition) is 7. The van der Waals surface area contributed by atoms with E-state index in [2.05, 4.69) is 9.97 Å². The van der Waals surface area contributed by atoms with Crippen LogP contribution in [0.5, 0.6) is 5.75 Å². The van der Waals surface area contributed by atoms with Gasteiger partial charge < -0.3 is 24.9 Å². The molecule has 8 nitrogen and oxygen atoms in total. The SMILES string of the molecule is CN(C)c1cc(COc2c(Cl)cc(C[C@H](N)C(=O)O)cc2Cl)c2oc(-c3ccncc3)nc2c1. The molecule has 4 aromatic rings. The Morgan fingerprint density at radius 1 is 1.18 bits per heavy atom. The van der Waals surface area contributed by atoms with Crippen molar-refractivity contribution in [2.45, 2.75) is 19.1 Å². The van der Waals surface area contributed by atoms with Crippen LogP contribution in [-0.4, -0.2) is 41.2 Å². The number of benzene rings is 2. The van der Waals surface area contributed by atoms with Gasteiger partial charge in [-0.25, -0.2) is 4.98 Å². The first kappa shape index (κ1) is 23.8. The minimum Gasteiger partial charge on any atom is -0.486 e. The molecular weight excluding hydrogens is 479 g/mol. The Morgan fingerprint density at radius 3 is 2.47 bits per heavy atom. The highest BCUT2D eigenvalue weighted by Crippen LogP contribution is 2.36. The van der Waals surface area contributed by atoms with Gasteiger partial charge >= 0.3 is 5.97 Å². The van der Waals surface area contributed by atoms with Crippen LogP contribution in [0.4, 0.5) is 5.69 Å². The fourth-order valence-electron chi connectivity index (χ4n) is 3.43. The molecule has 2 heterocycles. The molecule has 0 saturated carbocycles. The maximum absolute atomic E-state index is 11.0. The average molecular weight is 501 g/mol. The van der Waals surface area contributed by atoms with Crippen LogP contribution in [0, 0.1) is 0 Å². The van der Waals surface area contributed by atoms with Crippen molar-refractivity contribution in [1.29, 1.82) is 0 Å². The minimum absolute atomic E-state index is 0.0937. The number of nitrogens with two attached hydrogens (primary N) is 1. The van der Waals surface area contributed by atoms with Gasteiger partial charge in [-0.05, 0) is 48.4 Å². The third kappa shape index (κ3) is 5.09. The largest absolute Gasteiger partial charge is 0.486 e. The number of aliphatic carboxylic acids is 1. The Bertz CT molecular complexity index is 1320. The second-order valence-corrected chi connectivity index (χ2v) is 8.74. The number of nitrogens with zero attached hydrogens (tertiary/aromatic N) is 3. The molecule has 0 bridgehead atoms. The number of fused-ring (bicyclic) bond motifs is 1. The molecule has 0 aliphatic carbocycles. The lowest BCUT2D eigenvalue weighted by molar-refractivity contribution is -0.138. The standard InChI is InChI=1S/C24H22Cl2N4O4/c1-30(2)16-10-15(21-20(11-16)29-23(34-21)14-3-5-28-6-4-14)12-33-22-17(25)7-13(8-18(22)26)9-19(27)24(31)32/h3-8,10-11,19H,9,12,27H2,1-2H3,(H,31,32)/t19-/m0/s1. The van der Waals surface area contributed by atoms with Crippen molar-refractivity contribution in [1.82, 2.24) is 9.97 Å². The van der Waals surface area contributed by atoms with Gasteiger partial charge in [0.2, 0.25) is 5.89 Å². The fraction of sp³-hybridized carbons (Fsp3) is 0.208. The molecule has 0 aliphatic heterocycles. The van der Waals surface area contributed by atoms with Crippen LogP contribution in [0.15, 0.2) is 53.2 Å². The fourth-order valence-corrected chi connectivity index (χ4v) is 4.07. The molecule has 10 heteroatoms. The average Bonchev–Trinajstić information content (AvgIpc) is 3.23. The van der Waals surface area contributed by atoms with E-state index in [9.17, 15) is 4.79 Å². The first-order chi connectivity index (χ1) is 16.2. The van der Waals surface area contributed by atoms with Crippen LogP contribution in [0.3, 0.4) is 0 Å². The van der Waals surface area contributed by atoms with E-state index in [-0.39, 0.29) is 28.8 Å².